The van der Waals surface area contributed by atoms with Gasteiger partial charge in [-0.15, -0.1) is 0 Å². The first-order valence-corrected chi connectivity index (χ1v) is 9.54. The van der Waals surface area contributed by atoms with E-state index in [-0.39, 0.29) is 12.2 Å². The largest absolute Gasteiger partial charge is 0.506 e. The van der Waals surface area contributed by atoms with Gasteiger partial charge in [-0.05, 0) is 65.9 Å². The SMILES string of the molecule is O=C(Cc1ccc2ccccc2c1)C(=O)N/N=C/c1cc(Br)c(O)c(Br)c1. The van der Waals surface area contributed by atoms with E-state index >= 15 is 0 Å². The summed E-state index contributed by atoms with van der Waals surface area (Å²) in [7, 11) is 0. The van der Waals surface area contributed by atoms with Gasteiger partial charge in [0.25, 0.3) is 0 Å². The van der Waals surface area contributed by atoms with Crippen molar-refractivity contribution in [2.45, 2.75) is 6.42 Å². The van der Waals surface area contributed by atoms with Crippen LogP contribution in [-0.4, -0.2) is 23.0 Å². The molecule has 3 aromatic carbocycles. The molecule has 0 atom stereocenters. The number of nitrogens with zero attached hydrogens (tertiary/aromatic N) is 1. The van der Waals surface area contributed by atoms with Gasteiger partial charge < -0.3 is 5.11 Å². The molecule has 7 heteroatoms. The Bertz CT molecular complexity index is 1040. The molecule has 0 aromatic heterocycles. The Morgan fingerprint density at radius 3 is 2.37 bits per heavy atom. The second-order valence-electron chi connectivity index (χ2n) is 5.81. The number of Topliss-reactive ketones (excluding diaryl/α,β-unsaturated/α-hetero) is 1. The van der Waals surface area contributed by atoms with E-state index in [0.29, 0.717) is 14.5 Å². The van der Waals surface area contributed by atoms with Crippen LogP contribution in [0.5, 0.6) is 5.75 Å². The van der Waals surface area contributed by atoms with Crippen LogP contribution in [0.15, 0.2) is 68.6 Å². The fourth-order valence-electron chi connectivity index (χ4n) is 2.50. The van der Waals surface area contributed by atoms with Crippen LogP contribution in [0.25, 0.3) is 10.8 Å². The number of ketones is 1. The average Bonchev–Trinajstić information content (AvgIpc) is 2.65. The molecule has 3 rings (SSSR count). The summed E-state index contributed by atoms with van der Waals surface area (Å²) >= 11 is 6.42. The van der Waals surface area contributed by atoms with E-state index in [4.69, 9.17) is 0 Å². The third-order valence-electron chi connectivity index (χ3n) is 3.85. The summed E-state index contributed by atoms with van der Waals surface area (Å²) in [4.78, 5) is 24.1. The molecule has 0 aliphatic rings. The van der Waals surface area contributed by atoms with E-state index in [1.54, 1.807) is 12.1 Å². The van der Waals surface area contributed by atoms with Crippen molar-refractivity contribution in [1.82, 2.24) is 5.43 Å². The zero-order chi connectivity index (χ0) is 19.4. The highest BCUT2D eigenvalue weighted by Crippen LogP contribution is 2.32. The van der Waals surface area contributed by atoms with E-state index in [0.717, 1.165) is 16.3 Å². The Morgan fingerprint density at radius 2 is 1.67 bits per heavy atom. The predicted octanol–water partition coefficient (Wildman–Crippen LogP) is 4.33. The number of benzene rings is 3. The fourth-order valence-corrected chi connectivity index (χ4v) is 3.72. The summed E-state index contributed by atoms with van der Waals surface area (Å²) in [6.45, 7) is 0. The molecule has 0 bridgehead atoms. The van der Waals surface area contributed by atoms with E-state index in [1.165, 1.54) is 6.21 Å². The Kier molecular flexibility index (Phi) is 6.03. The normalized spacial score (nSPS) is 11.0. The average molecular weight is 490 g/mol. The van der Waals surface area contributed by atoms with Crippen LogP contribution in [0.1, 0.15) is 11.1 Å². The second kappa shape index (κ2) is 8.45. The molecule has 27 heavy (non-hydrogen) atoms. The van der Waals surface area contributed by atoms with Crippen LogP contribution in [-0.2, 0) is 16.0 Å². The number of rotatable bonds is 5. The van der Waals surface area contributed by atoms with Crippen molar-refractivity contribution in [3.05, 3.63) is 74.7 Å². The number of hydrazone groups is 1. The number of fused-ring (bicyclic) bond motifs is 1. The van der Waals surface area contributed by atoms with Crippen molar-refractivity contribution >= 4 is 60.5 Å². The van der Waals surface area contributed by atoms with Gasteiger partial charge in [-0.25, -0.2) is 5.43 Å². The highest BCUT2D eigenvalue weighted by Gasteiger charge is 2.14. The molecule has 0 aliphatic carbocycles. The lowest BCUT2D eigenvalue weighted by molar-refractivity contribution is -0.137. The molecule has 0 fully saturated rings. The molecule has 0 saturated heterocycles. The number of hydrogen-bond donors (Lipinski definition) is 2. The van der Waals surface area contributed by atoms with Crippen molar-refractivity contribution in [2.24, 2.45) is 5.10 Å². The molecule has 1 amide bonds. The maximum absolute atomic E-state index is 12.1. The molecule has 0 aliphatic heterocycles. The van der Waals surface area contributed by atoms with Gasteiger partial charge in [-0.3, -0.25) is 9.59 Å². The lowest BCUT2D eigenvalue weighted by Gasteiger charge is -2.04. The van der Waals surface area contributed by atoms with Crippen LogP contribution < -0.4 is 5.43 Å². The third-order valence-corrected chi connectivity index (χ3v) is 5.06. The number of carbonyl (C=O) groups is 2. The Hall–Kier alpha value is -2.51. The van der Waals surface area contributed by atoms with Crippen molar-refractivity contribution in [3.63, 3.8) is 0 Å². The lowest BCUT2D eigenvalue weighted by Crippen LogP contribution is -2.28. The lowest BCUT2D eigenvalue weighted by atomic mass is 10.0. The molecule has 0 saturated carbocycles. The first-order valence-electron chi connectivity index (χ1n) is 7.96. The minimum Gasteiger partial charge on any atom is -0.506 e. The van der Waals surface area contributed by atoms with Crippen molar-refractivity contribution in [3.8, 4) is 5.75 Å². The van der Waals surface area contributed by atoms with E-state index < -0.39 is 11.7 Å². The second-order valence-corrected chi connectivity index (χ2v) is 7.52. The monoisotopic (exact) mass is 488 g/mol. The van der Waals surface area contributed by atoms with Crippen LogP contribution in [0.3, 0.4) is 0 Å². The Labute approximate surface area is 172 Å². The summed E-state index contributed by atoms with van der Waals surface area (Å²) in [5.41, 5.74) is 3.63. The number of aromatic hydroxyl groups is 1. The van der Waals surface area contributed by atoms with Crippen LogP contribution in [0.4, 0.5) is 0 Å². The summed E-state index contributed by atoms with van der Waals surface area (Å²) < 4.78 is 0.967. The minimum atomic E-state index is -0.781. The highest BCUT2D eigenvalue weighted by atomic mass is 79.9. The molecular formula is C20H14Br2N2O3. The molecule has 5 nitrogen and oxygen atoms in total. The van der Waals surface area contributed by atoms with Gasteiger partial charge in [0, 0.05) is 6.42 Å². The molecule has 0 heterocycles. The molecule has 0 radical (unpaired) electrons. The first kappa shape index (κ1) is 19.3. The van der Waals surface area contributed by atoms with E-state index in [1.807, 2.05) is 42.5 Å². The van der Waals surface area contributed by atoms with Gasteiger partial charge in [-0.2, -0.15) is 5.10 Å². The van der Waals surface area contributed by atoms with Gasteiger partial charge in [-0.1, -0.05) is 42.5 Å². The molecule has 3 aromatic rings. The quantitative estimate of drug-likeness (QED) is 0.318. The number of hydrogen-bond acceptors (Lipinski definition) is 4. The van der Waals surface area contributed by atoms with Crippen molar-refractivity contribution in [2.75, 3.05) is 0 Å². The standard InChI is InChI=1S/C20H14Br2N2O3/c21-16-8-13(9-17(22)19(16)26)11-23-24-20(27)18(25)10-12-5-6-14-3-1-2-4-15(14)7-12/h1-9,11,26H,10H2,(H,24,27)/b23-11+. The van der Waals surface area contributed by atoms with Crippen LogP contribution in [0, 0.1) is 0 Å². The van der Waals surface area contributed by atoms with Crippen LogP contribution >= 0.6 is 31.9 Å². The molecule has 0 spiro atoms. The number of amides is 1. The van der Waals surface area contributed by atoms with E-state index in [2.05, 4.69) is 42.4 Å². The number of phenolic OH excluding ortho intramolecular Hbond substituents is 1. The zero-order valence-corrected chi connectivity index (χ0v) is 17.1. The van der Waals surface area contributed by atoms with E-state index in [9.17, 15) is 14.7 Å². The predicted molar refractivity (Wildman–Crippen MR) is 112 cm³/mol. The zero-order valence-electron chi connectivity index (χ0n) is 13.9. The third kappa shape index (κ3) is 4.81. The Morgan fingerprint density at radius 1 is 1.00 bits per heavy atom. The highest BCUT2D eigenvalue weighted by molar-refractivity contribution is 9.11. The summed E-state index contributed by atoms with van der Waals surface area (Å²) in [5.74, 6) is -1.28. The fraction of sp³-hybridized carbons (Fsp3) is 0.0500. The van der Waals surface area contributed by atoms with Gasteiger partial charge >= 0.3 is 5.91 Å². The summed E-state index contributed by atoms with van der Waals surface area (Å²) in [5, 5.41) is 15.6. The summed E-state index contributed by atoms with van der Waals surface area (Å²) in [6.07, 6.45) is 1.39. The maximum Gasteiger partial charge on any atom is 0.307 e. The van der Waals surface area contributed by atoms with Gasteiger partial charge in [0.1, 0.15) is 5.75 Å². The maximum atomic E-state index is 12.1. The van der Waals surface area contributed by atoms with Gasteiger partial charge in [0.05, 0.1) is 15.2 Å². The topological polar surface area (TPSA) is 78.8 Å². The van der Waals surface area contributed by atoms with Crippen molar-refractivity contribution < 1.29 is 14.7 Å². The van der Waals surface area contributed by atoms with Crippen molar-refractivity contribution in [1.29, 1.82) is 0 Å². The number of nitrogens with one attached hydrogen (secondary N) is 1. The number of phenols is 1. The summed E-state index contributed by atoms with van der Waals surface area (Å²) in [6, 6.07) is 16.7. The number of carbonyl (C=O) groups excluding carboxylic acids is 2. The molecule has 136 valence electrons. The smallest absolute Gasteiger partial charge is 0.307 e. The number of halogens is 2. The first-order chi connectivity index (χ1) is 12.9. The minimum absolute atomic E-state index is 0.00247. The molecule has 0 unspecified atom stereocenters. The Balaban J connectivity index is 1.62. The molecule has 2 N–H and O–H groups in total. The molecular weight excluding hydrogens is 476 g/mol. The van der Waals surface area contributed by atoms with Gasteiger partial charge in [0.2, 0.25) is 5.78 Å². The van der Waals surface area contributed by atoms with Crippen LogP contribution in [0.2, 0.25) is 0 Å². The van der Waals surface area contributed by atoms with Gasteiger partial charge in [0.15, 0.2) is 0 Å².